The molecule has 0 amide bonds. The Labute approximate surface area is 85.2 Å². The number of hydrogen-bond donors (Lipinski definition) is 1. The predicted octanol–water partition coefficient (Wildman–Crippen LogP) is 1.90. The summed E-state index contributed by atoms with van der Waals surface area (Å²) in [4.78, 5) is 11.4. The van der Waals surface area contributed by atoms with Crippen LogP contribution in [0, 0.1) is 0 Å². The number of pyridine rings is 1. The Bertz CT molecular complexity index is 560. The van der Waals surface area contributed by atoms with E-state index in [0.717, 1.165) is 0 Å². The molecule has 0 aliphatic carbocycles. The van der Waals surface area contributed by atoms with Crippen LogP contribution < -0.4 is 5.56 Å². The molecule has 1 aromatic carbocycles. The van der Waals surface area contributed by atoms with Crippen molar-refractivity contribution in [2.75, 3.05) is 0 Å². The normalized spacial score (nSPS) is 10.7. The summed E-state index contributed by atoms with van der Waals surface area (Å²) in [6.45, 7) is 0. The van der Waals surface area contributed by atoms with Crippen LogP contribution >= 0.6 is 11.6 Å². The quantitative estimate of drug-likeness (QED) is 0.720. The minimum absolute atomic E-state index is 0.0365. The van der Waals surface area contributed by atoms with Crippen LogP contribution in [0.5, 0.6) is 5.75 Å². The van der Waals surface area contributed by atoms with Crippen molar-refractivity contribution in [2.24, 2.45) is 7.05 Å². The number of fused-ring (bicyclic) bond motifs is 1. The van der Waals surface area contributed by atoms with Gasteiger partial charge in [-0.1, -0.05) is 17.7 Å². The Morgan fingerprint density at radius 2 is 2.14 bits per heavy atom. The van der Waals surface area contributed by atoms with Crippen LogP contribution in [0.4, 0.5) is 0 Å². The number of para-hydroxylation sites is 1. The molecule has 0 saturated carbocycles. The van der Waals surface area contributed by atoms with E-state index >= 15 is 0 Å². The van der Waals surface area contributed by atoms with Crippen LogP contribution in [0.15, 0.2) is 29.1 Å². The zero-order chi connectivity index (χ0) is 10.3. The fourth-order valence-corrected chi connectivity index (χ4v) is 1.77. The average Bonchev–Trinajstić information content (AvgIpc) is 2.14. The Balaban J connectivity index is 3.11. The molecule has 72 valence electrons. The van der Waals surface area contributed by atoms with Gasteiger partial charge in [0.2, 0.25) is 0 Å². The van der Waals surface area contributed by atoms with E-state index in [-0.39, 0.29) is 11.3 Å². The summed E-state index contributed by atoms with van der Waals surface area (Å²) < 4.78 is 1.41. The van der Waals surface area contributed by atoms with Gasteiger partial charge in [0.1, 0.15) is 5.75 Å². The van der Waals surface area contributed by atoms with E-state index in [1.807, 2.05) is 0 Å². The third-order valence-corrected chi connectivity index (χ3v) is 2.49. The molecular formula is C10H8ClNO2. The molecule has 0 atom stereocenters. The summed E-state index contributed by atoms with van der Waals surface area (Å²) >= 11 is 5.94. The molecule has 0 fully saturated rings. The highest BCUT2D eigenvalue weighted by atomic mass is 35.5. The van der Waals surface area contributed by atoms with E-state index < -0.39 is 0 Å². The van der Waals surface area contributed by atoms with Gasteiger partial charge in [0, 0.05) is 18.5 Å². The molecule has 3 nitrogen and oxygen atoms in total. The van der Waals surface area contributed by atoms with Gasteiger partial charge in [0.05, 0.1) is 10.5 Å². The molecule has 1 heterocycles. The van der Waals surface area contributed by atoms with Crippen molar-refractivity contribution in [1.29, 1.82) is 0 Å². The summed E-state index contributed by atoms with van der Waals surface area (Å²) in [5.41, 5.74) is 0.280. The number of aromatic hydroxyl groups is 1. The van der Waals surface area contributed by atoms with Crippen molar-refractivity contribution in [1.82, 2.24) is 4.57 Å². The van der Waals surface area contributed by atoms with Gasteiger partial charge in [-0.2, -0.15) is 0 Å². The molecule has 0 bridgehead atoms. The standard InChI is InChI=1S/C10H8ClNO2/c1-12-9(14)5-8(13)6-3-2-4-7(11)10(6)12/h2-5,13H,1H3. The molecular weight excluding hydrogens is 202 g/mol. The molecule has 1 N–H and O–H groups in total. The number of benzene rings is 1. The van der Waals surface area contributed by atoms with Gasteiger partial charge in [0.25, 0.3) is 5.56 Å². The van der Waals surface area contributed by atoms with E-state index in [2.05, 4.69) is 0 Å². The lowest BCUT2D eigenvalue weighted by atomic mass is 10.2. The third kappa shape index (κ3) is 1.17. The monoisotopic (exact) mass is 209 g/mol. The molecule has 2 rings (SSSR count). The summed E-state index contributed by atoms with van der Waals surface area (Å²) in [5, 5.41) is 10.6. The maximum absolute atomic E-state index is 11.4. The van der Waals surface area contributed by atoms with Crippen molar-refractivity contribution in [3.63, 3.8) is 0 Å². The zero-order valence-corrected chi connectivity index (χ0v) is 8.25. The summed E-state index contributed by atoms with van der Waals surface area (Å²) in [6.07, 6.45) is 0. The van der Waals surface area contributed by atoms with E-state index in [1.54, 1.807) is 25.2 Å². The fraction of sp³-hybridized carbons (Fsp3) is 0.100. The molecule has 0 aliphatic rings. The second-order valence-electron chi connectivity index (χ2n) is 3.06. The van der Waals surface area contributed by atoms with Crippen molar-refractivity contribution < 1.29 is 5.11 Å². The van der Waals surface area contributed by atoms with Crippen LogP contribution in [-0.2, 0) is 7.05 Å². The highest BCUT2D eigenvalue weighted by molar-refractivity contribution is 6.35. The summed E-state index contributed by atoms with van der Waals surface area (Å²) in [6, 6.07) is 6.31. The van der Waals surface area contributed by atoms with Crippen molar-refractivity contribution >= 4 is 22.5 Å². The van der Waals surface area contributed by atoms with Gasteiger partial charge >= 0.3 is 0 Å². The minimum Gasteiger partial charge on any atom is -0.507 e. The number of aromatic nitrogens is 1. The molecule has 0 radical (unpaired) electrons. The Morgan fingerprint density at radius 3 is 2.86 bits per heavy atom. The van der Waals surface area contributed by atoms with Crippen LogP contribution in [0.1, 0.15) is 0 Å². The highest BCUT2D eigenvalue weighted by Gasteiger charge is 2.07. The fourth-order valence-electron chi connectivity index (χ4n) is 1.46. The molecule has 1 aromatic heterocycles. The van der Waals surface area contributed by atoms with Gasteiger partial charge in [-0.3, -0.25) is 4.79 Å². The Kier molecular flexibility index (Phi) is 1.97. The SMILES string of the molecule is Cn1c(=O)cc(O)c2cccc(Cl)c21. The highest BCUT2D eigenvalue weighted by Crippen LogP contribution is 2.27. The summed E-state index contributed by atoms with van der Waals surface area (Å²) in [7, 11) is 1.62. The van der Waals surface area contributed by atoms with Crippen LogP contribution in [0.3, 0.4) is 0 Å². The average molecular weight is 210 g/mol. The van der Waals surface area contributed by atoms with Crippen molar-refractivity contribution in [3.8, 4) is 5.75 Å². The number of halogens is 1. The number of rotatable bonds is 0. The first-order valence-electron chi connectivity index (χ1n) is 4.08. The summed E-state index contributed by atoms with van der Waals surface area (Å²) in [5.74, 6) is -0.0365. The van der Waals surface area contributed by atoms with Crippen molar-refractivity contribution in [3.05, 3.63) is 39.6 Å². The lowest BCUT2D eigenvalue weighted by molar-refractivity contribution is 0.479. The largest absolute Gasteiger partial charge is 0.507 e. The molecule has 0 unspecified atom stereocenters. The molecule has 4 heteroatoms. The van der Waals surface area contributed by atoms with E-state index in [9.17, 15) is 9.90 Å². The number of hydrogen-bond acceptors (Lipinski definition) is 2. The van der Waals surface area contributed by atoms with Crippen LogP contribution in [0.25, 0.3) is 10.9 Å². The lowest BCUT2D eigenvalue weighted by Crippen LogP contribution is -2.15. The van der Waals surface area contributed by atoms with Gasteiger partial charge in [-0.15, -0.1) is 0 Å². The lowest BCUT2D eigenvalue weighted by Gasteiger charge is -2.07. The molecule has 0 aliphatic heterocycles. The number of aryl methyl sites for hydroxylation is 1. The first kappa shape index (κ1) is 9.09. The maximum Gasteiger partial charge on any atom is 0.254 e. The van der Waals surface area contributed by atoms with E-state index in [4.69, 9.17) is 11.6 Å². The van der Waals surface area contributed by atoms with Crippen molar-refractivity contribution in [2.45, 2.75) is 0 Å². The zero-order valence-electron chi connectivity index (χ0n) is 7.49. The second kappa shape index (κ2) is 3.03. The maximum atomic E-state index is 11.4. The first-order valence-corrected chi connectivity index (χ1v) is 4.46. The van der Waals surface area contributed by atoms with Gasteiger partial charge in [0.15, 0.2) is 0 Å². The van der Waals surface area contributed by atoms with Crippen LogP contribution in [0.2, 0.25) is 5.02 Å². The molecule has 14 heavy (non-hydrogen) atoms. The minimum atomic E-state index is -0.275. The van der Waals surface area contributed by atoms with E-state index in [0.29, 0.717) is 15.9 Å². The molecule has 0 spiro atoms. The third-order valence-electron chi connectivity index (χ3n) is 2.19. The molecule has 2 aromatic rings. The second-order valence-corrected chi connectivity index (χ2v) is 3.47. The van der Waals surface area contributed by atoms with Crippen LogP contribution in [-0.4, -0.2) is 9.67 Å². The van der Waals surface area contributed by atoms with Gasteiger partial charge in [-0.25, -0.2) is 0 Å². The predicted molar refractivity (Wildman–Crippen MR) is 55.9 cm³/mol. The first-order chi connectivity index (χ1) is 6.61. The molecule has 0 saturated heterocycles. The topological polar surface area (TPSA) is 42.2 Å². The van der Waals surface area contributed by atoms with E-state index in [1.165, 1.54) is 10.6 Å². The number of nitrogens with zero attached hydrogens (tertiary/aromatic N) is 1. The Morgan fingerprint density at radius 1 is 1.43 bits per heavy atom. The van der Waals surface area contributed by atoms with Gasteiger partial charge in [-0.05, 0) is 12.1 Å². The van der Waals surface area contributed by atoms with Gasteiger partial charge < -0.3 is 9.67 Å². The Hall–Kier alpha value is -1.48. The smallest absolute Gasteiger partial charge is 0.254 e.